The van der Waals surface area contributed by atoms with Crippen molar-refractivity contribution in [2.75, 3.05) is 13.1 Å². The maximum absolute atomic E-state index is 11.8. The zero-order valence-electron chi connectivity index (χ0n) is 14.8. The zero-order valence-corrected chi connectivity index (χ0v) is 14.8. The lowest BCUT2D eigenvalue weighted by Crippen LogP contribution is -2.44. The summed E-state index contributed by atoms with van der Waals surface area (Å²) in [6.07, 6.45) is 0.412. The summed E-state index contributed by atoms with van der Waals surface area (Å²) in [7, 11) is 0. The Labute approximate surface area is 140 Å². The van der Waals surface area contributed by atoms with E-state index in [0.29, 0.717) is 12.5 Å². The maximum Gasteiger partial charge on any atom is 0.407 e. The van der Waals surface area contributed by atoms with E-state index in [9.17, 15) is 4.79 Å². The predicted molar refractivity (Wildman–Crippen MR) is 94.1 cm³/mol. The van der Waals surface area contributed by atoms with Crippen LogP contribution in [0.25, 0.3) is 0 Å². The van der Waals surface area contributed by atoms with Crippen LogP contribution in [-0.4, -0.2) is 30.8 Å². The standard InChI is InChI=1S/C18H31N3O2/c1-14(12-20-13-15-8-6-5-7-9-15)10-16(11-19)21-17(22)23-18(2,3)4/h5-9,14,16,20H,10-13,19H2,1-4H3,(H,21,22)/t14-,16-/m0/s1. The third-order valence-corrected chi connectivity index (χ3v) is 3.36. The summed E-state index contributed by atoms with van der Waals surface area (Å²) in [5, 5.41) is 6.29. The molecule has 5 heteroatoms. The number of carbonyl (C=O) groups excluding carboxylic acids is 1. The highest BCUT2D eigenvalue weighted by atomic mass is 16.6. The molecule has 0 saturated heterocycles. The van der Waals surface area contributed by atoms with Crippen molar-refractivity contribution in [3.8, 4) is 0 Å². The number of carbonyl (C=O) groups is 1. The number of rotatable bonds is 8. The van der Waals surface area contributed by atoms with Gasteiger partial charge in [-0.25, -0.2) is 4.79 Å². The molecule has 1 rings (SSSR count). The van der Waals surface area contributed by atoms with Crippen LogP contribution < -0.4 is 16.4 Å². The van der Waals surface area contributed by atoms with Crippen LogP contribution in [0.5, 0.6) is 0 Å². The fourth-order valence-electron chi connectivity index (χ4n) is 2.32. The van der Waals surface area contributed by atoms with E-state index in [4.69, 9.17) is 10.5 Å². The van der Waals surface area contributed by atoms with Gasteiger partial charge in [0.2, 0.25) is 0 Å². The Kier molecular flexibility index (Phi) is 8.06. The van der Waals surface area contributed by atoms with Gasteiger partial charge in [-0.3, -0.25) is 0 Å². The first-order valence-electron chi connectivity index (χ1n) is 8.24. The van der Waals surface area contributed by atoms with Crippen molar-refractivity contribution >= 4 is 6.09 Å². The van der Waals surface area contributed by atoms with Crippen molar-refractivity contribution in [2.24, 2.45) is 11.7 Å². The molecule has 0 radical (unpaired) electrons. The summed E-state index contributed by atoms with van der Waals surface area (Å²) in [5.74, 6) is 0.405. The molecule has 0 saturated carbocycles. The number of ether oxygens (including phenoxy) is 1. The first-order valence-corrected chi connectivity index (χ1v) is 8.24. The van der Waals surface area contributed by atoms with Gasteiger partial charge in [0.25, 0.3) is 0 Å². The molecule has 0 bridgehead atoms. The van der Waals surface area contributed by atoms with Crippen LogP contribution in [0.2, 0.25) is 0 Å². The second-order valence-electron chi connectivity index (χ2n) is 7.04. The highest BCUT2D eigenvalue weighted by molar-refractivity contribution is 5.68. The molecule has 0 spiro atoms. The molecule has 0 heterocycles. The van der Waals surface area contributed by atoms with E-state index in [1.807, 2.05) is 39.0 Å². The number of nitrogens with one attached hydrogen (secondary N) is 2. The number of nitrogens with two attached hydrogens (primary N) is 1. The van der Waals surface area contributed by atoms with E-state index in [2.05, 4.69) is 29.7 Å². The average Bonchev–Trinajstić information content (AvgIpc) is 2.45. The molecule has 0 aliphatic rings. The van der Waals surface area contributed by atoms with E-state index in [1.165, 1.54) is 5.56 Å². The van der Waals surface area contributed by atoms with Crippen LogP contribution in [0.4, 0.5) is 4.79 Å². The number of alkyl carbamates (subject to hydrolysis) is 1. The lowest BCUT2D eigenvalue weighted by atomic mass is 10.0. The van der Waals surface area contributed by atoms with Crippen molar-refractivity contribution in [3.63, 3.8) is 0 Å². The Morgan fingerprint density at radius 1 is 1.26 bits per heavy atom. The predicted octanol–water partition coefficient (Wildman–Crippen LogP) is 2.65. The SMILES string of the molecule is C[C@H](CNCc1ccccc1)C[C@@H](CN)NC(=O)OC(C)(C)C. The summed E-state index contributed by atoms with van der Waals surface area (Å²) in [4.78, 5) is 11.8. The molecule has 0 aromatic heterocycles. The van der Waals surface area contributed by atoms with Crippen LogP contribution in [0.1, 0.15) is 39.7 Å². The van der Waals surface area contributed by atoms with Gasteiger partial charge < -0.3 is 21.1 Å². The van der Waals surface area contributed by atoms with Crippen LogP contribution in [-0.2, 0) is 11.3 Å². The van der Waals surface area contributed by atoms with Crippen LogP contribution in [0.15, 0.2) is 30.3 Å². The molecule has 0 fully saturated rings. The molecule has 5 nitrogen and oxygen atoms in total. The van der Waals surface area contributed by atoms with E-state index in [0.717, 1.165) is 19.5 Å². The van der Waals surface area contributed by atoms with Crippen molar-refractivity contribution in [1.29, 1.82) is 0 Å². The van der Waals surface area contributed by atoms with Crippen LogP contribution in [0, 0.1) is 5.92 Å². The van der Waals surface area contributed by atoms with Gasteiger partial charge in [0.05, 0.1) is 0 Å². The largest absolute Gasteiger partial charge is 0.444 e. The molecule has 130 valence electrons. The summed E-state index contributed by atoms with van der Waals surface area (Å²) in [6, 6.07) is 10.2. The number of hydrogen-bond acceptors (Lipinski definition) is 4. The summed E-state index contributed by atoms with van der Waals surface area (Å²) < 4.78 is 5.27. The van der Waals surface area contributed by atoms with Gasteiger partial charge in [-0.05, 0) is 45.2 Å². The van der Waals surface area contributed by atoms with E-state index in [1.54, 1.807) is 0 Å². The maximum atomic E-state index is 11.8. The molecule has 0 aliphatic heterocycles. The zero-order chi connectivity index (χ0) is 17.3. The van der Waals surface area contributed by atoms with Gasteiger partial charge >= 0.3 is 6.09 Å². The minimum Gasteiger partial charge on any atom is -0.444 e. The number of amides is 1. The van der Waals surface area contributed by atoms with Gasteiger partial charge in [0, 0.05) is 19.1 Å². The van der Waals surface area contributed by atoms with Gasteiger partial charge in [-0.15, -0.1) is 0 Å². The molecule has 0 unspecified atom stereocenters. The van der Waals surface area contributed by atoms with Crippen molar-refractivity contribution in [3.05, 3.63) is 35.9 Å². The monoisotopic (exact) mass is 321 g/mol. The Morgan fingerprint density at radius 3 is 2.48 bits per heavy atom. The molecule has 0 aliphatic carbocycles. The number of benzene rings is 1. The first-order chi connectivity index (χ1) is 10.8. The van der Waals surface area contributed by atoms with Crippen molar-refractivity contribution < 1.29 is 9.53 Å². The molecule has 1 amide bonds. The smallest absolute Gasteiger partial charge is 0.407 e. The van der Waals surface area contributed by atoms with Crippen molar-refractivity contribution in [1.82, 2.24) is 10.6 Å². The Hall–Kier alpha value is -1.59. The Bertz CT molecular complexity index is 457. The lowest BCUT2D eigenvalue weighted by Gasteiger charge is -2.24. The summed E-state index contributed by atoms with van der Waals surface area (Å²) >= 11 is 0. The first kappa shape index (κ1) is 19.5. The minimum atomic E-state index is -0.494. The molecule has 2 atom stereocenters. The second-order valence-corrected chi connectivity index (χ2v) is 7.04. The number of hydrogen-bond donors (Lipinski definition) is 3. The second kappa shape index (κ2) is 9.53. The lowest BCUT2D eigenvalue weighted by molar-refractivity contribution is 0.0500. The van der Waals surface area contributed by atoms with E-state index >= 15 is 0 Å². The average molecular weight is 321 g/mol. The highest BCUT2D eigenvalue weighted by Gasteiger charge is 2.20. The molecule has 23 heavy (non-hydrogen) atoms. The van der Waals surface area contributed by atoms with Crippen LogP contribution in [0.3, 0.4) is 0 Å². The van der Waals surface area contributed by atoms with Gasteiger partial charge in [-0.2, -0.15) is 0 Å². The van der Waals surface area contributed by atoms with E-state index in [-0.39, 0.29) is 6.04 Å². The van der Waals surface area contributed by atoms with Crippen LogP contribution >= 0.6 is 0 Å². The third kappa shape index (κ3) is 9.21. The van der Waals surface area contributed by atoms with E-state index < -0.39 is 11.7 Å². The fourth-order valence-corrected chi connectivity index (χ4v) is 2.32. The molecule has 1 aromatic rings. The van der Waals surface area contributed by atoms with Gasteiger partial charge in [-0.1, -0.05) is 37.3 Å². The quantitative estimate of drug-likeness (QED) is 0.688. The summed E-state index contributed by atoms with van der Waals surface area (Å²) in [6.45, 7) is 9.82. The molecule has 4 N–H and O–H groups in total. The topological polar surface area (TPSA) is 76.4 Å². The minimum absolute atomic E-state index is 0.0709. The normalized spacial score (nSPS) is 14.1. The fraction of sp³-hybridized carbons (Fsp3) is 0.611. The molecular formula is C18H31N3O2. The Morgan fingerprint density at radius 2 is 1.91 bits per heavy atom. The highest BCUT2D eigenvalue weighted by Crippen LogP contribution is 2.09. The molecular weight excluding hydrogens is 290 g/mol. The Balaban J connectivity index is 2.29. The van der Waals surface area contributed by atoms with Gasteiger partial charge in [0.15, 0.2) is 0 Å². The molecule has 1 aromatic carbocycles. The van der Waals surface area contributed by atoms with Gasteiger partial charge in [0.1, 0.15) is 5.60 Å². The summed E-state index contributed by atoms with van der Waals surface area (Å²) in [5.41, 5.74) is 6.53. The van der Waals surface area contributed by atoms with Crippen molar-refractivity contribution in [2.45, 2.75) is 52.3 Å². The third-order valence-electron chi connectivity index (χ3n) is 3.36.